The average Bonchev–Trinajstić information content (AvgIpc) is 2.73. The van der Waals surface area contributed by atoms with E-state index in [0.29, 0.717) is 0 Å². The van der Waals surface area contributed by atoms with Gasteiger partial charge in [-0.25, -0.2) is 4.79 Å². The number of non-ortho nitro benzene ring substituents is 1. The van der Waals surface area contributed by atoms with Crippen LogP contribution in [0, 0.1) is 10.1 Å². The first-order chi connectivity index (χ1) is 15.4. The van der Waals surface area contributed by atoms with Crippen molar-refractivity contribution in [3.05, 3.63) is 64.2 Å². The summed E-state index contributed by atoms with van der Waals surface area (Å²) in [6.45, 7) is 2.55. The number of hydrogen-bond acceptors (Lipinski definition) is 7. The lowest BCUT2D eigenvalue weighted by molar-refractivity contribution is -0.384. The fourth-order valence-corrected chi connectivity index (χ4v) is 2.41. The summed E-state index contributed by atoms with van der Waals surface area (Å²) in [6.07, 6.45) is -6.16. The van der Waals surface area contributed by atoms with Gasteiger partial charge in [0.1, 0.15) is 11.8 Å². The van der Waals surface area contributed by atoms with Crippen molar-refractivity contribution in [1.29, 1.82) is 0 Å². The second-order valence-electron chi connectivity index (χ2n) is 6.64. The molecule has 0 aliphatic heterocycles. The SMILES string of the molecule is CC(NC(=O)c1cccc([N+](=O)[O-])c1)C(=O)OC(C)C(=O)Nc1ccc(OC(F)(F)F)cc1. The minimum Gasteiger partial charge on any atom is -0.451 e. The maximum absolute atomic E-state index is 12.2. The normalized spacial score (nSPS) is 12.8. The molecule has 0 radical (unpaired) electrons. The number of halogens is 3. The Bertz CT molecular complexity index is 1040. The lowest BCUT2D eigenvalue weighted by Gasteiger charge is -2.18. The zero-order valence-corrected chi connectivity index (χ0v) is 17.2. The molecule has 0 saturated heterocycles. The topological polar surface area (TPSA) is 137 Å². The van der Waals surface area contributed by atoms with E-state index < -0.39 is 47.0 Å². The van der Waals surface area contributed by atoms with Gasteiger partial charge < -0.3 is 20.1 Å². The molecule has 2 rings (SSSR count). The number of rotatable bonds is 8. The predicted molar refractivity (Wildman–Crippen MR) is 107 cm³/mol. The molecule has 176 valence electrons. The molecule has 0 fully saturated rings. The Morgan fingerprint density at radius 1 is 1.06 bits per heavy atom. The van der Waals surface area contributed by atoms with Crippen molar-refractivity contribution in [2.24, 2.45) is 0 Å². The number of carbonyl (C=O) groups excluding carboxylic acids is 3. The molecular formula is C20H18F3N3O7. The predicted octanol–water partition coefficient (Wildman–Crippen LogP) is 3.18. The Balaban J connectivity index is 1.89. The summed E-state index contributed by atoms with van der Waals surface area (Å²) in [5, 5.41) is 15.5. The van der Waals surface area contributed by atoms with E-state index in [1.165, 1.54) is 32.0 Å². The molecule has 0 heterocycles. The van der Waals surface area contributed by atoms with E-state index in [0.717, 1.165) is 30.3 Å². The van der Waals surface area contributed by atoms with E-state index in [1.54, 1.807) is 0 Å². The van der Waals surface area contributed by atoms with Crippen LogP contribution < -0.4 is 15.4 Å². The maximum Gasteiger partial charge on any atom is 0.573 e. The number of carbonyl (C=O) groups is 3. The van der Waals surface area contributed by atoms with Crippen LogP contribution in [0.5, 0.6) is 5.75 Å². The summed E-state index contributed by atoms with van der Waals surface area (Å²) in [5.41, 5.74) is -0.224. The van der Waals surface area contributed by atoms with Crippen LogP contribution in [0.15, 0.2) is 48.5 Å². The van der Waals surface area contributed by atoms with Crippen molar-refractivity contribution in [1.82, 2.24) is 5.32 Å². The molecular weight excluding hydrogens is 451 g/mol. The minimum atomic E-state index is -4.85. The van der Waals surface area contributed by atoms with Gasteiger partial charge >= 0.3 is 12.3 Å². The monoisotopic (exact) mass is 469 g/mol. The number of nitro benzene ring substituents is 1. The van der Waals surface area contributed by atoms with Gasteiger partial charge in [-0.05, 0) is 44.2 Å². The van der Waals surface area contributed by atoms with Crippen LogP contribution in [0.1, 0.15) is 24.2 Å². The Hall–Kier alpha value is -4.16. The highest BCUT2D eigenvalue weighted by molar-refractivity contribution is 5.98. The number of hydrogen-bond donors (Lipinski definition) is 2. The molecule has 2 unspecified atom stereocenters. The van der Waals surface area contributed by atoms with Crippen molar-refractivity contribution in [2.45, 2.75) is 32.4 Å². The third-order valence-corrected chi connectivity index (χ3v) is 4.04. The molecule has 2 aromatic carbocycles. The van der Waals surface area contributed by atoms with Crippen LogP contribution in [0.4, 0.5) is 24.5 Å². The molecule has 0 bridgehead atoms. The van der Waals surface area contributed by atoms with E-state index in [4.69, 9.17) is 4.74 Å². The molecule has 0 aliphatic carbocycles. The molecule has 13 heteroatoms. The number of nitrogens with zero attached hydrogens (tertiary/aromatic N) is 1. The zero-order valence-electron chi connectivity index (χ0n) is 17.2. The molecule has 10 nitrogen and oxygen atoms in total. The van der Waals surface area contributed by atoms with Gasteiger partial charge in [-0.2, -0.15) is 0 Å². The van der Waals surface area contributed by atoms with E-state index in [2.05, 4.69) is 15.4 Å². The molecule has 2 atom stereocenters. The third kappa shape index (κ3) is 7.79. The van der Waals surface area contributed by atoms with Crippen molar-refractivity contribution in [3.63, 3.8) is 0 Å². The molecule has 0 saturated carbocycles. The number of esters is 1. The highest BCUT2D eigenvalue weighted by atomic mass is 19.4. The van der Waals surface area contributed by atoms with Crippen LogP contribution in [0.3, 0.4) is 0 Å². The van der Waals surface area contributed by atoms with Gasteiger partial charge in [0, 0.05) is 23.4 Å². The number of nitro groups is 1. The van der Waals surface area contributed by atoms with Gasteiger partial charge in [0.05, 0.1) is 4.92 Å². The number of alkyl halides is 3. The minimum absolute atomic E-state index is 0.0485. The second-order valence-corrected chi connectivity index (χ2v) is 6.64. The number of nitrogens with one attached hydrogen (secondary N) is 2. The summed E-state index contributed by atoms with van der Waals surface area (Å²) in [5.74, 6) is -2.97. The molecule has 0 aromatic heterocycles. The third-order valence-electron chi connectivity index (χ3n) is 4.04. The van der Waals surface area contributed by atoms with E-state index in [9.17, 15) is 37.7 Å². The van der Waals surface area contributed by atoms with Crippen molar-refractivity contribution in [3.8, 4) is 5.75 Å². The van der Waals surface area contributed by atoms with E-state index in [-0.39, 0.29) is 16.9 Å². The lowest BCUT2D eigenvalue weighted by Crippen LogP contribution is -2.42. The van der Waals surface area contributed by atoms with Crippen molar-refractivity contribution >= 4 is 29.2 Å². The van der Waals surface area contributed by atoms with Gasteiger partial charge in [-0.1, -0.05) is 6.07 Å². The van der Waals surface area contributed by atoms with Gasteiger partial charge in [-0.15, -0.1) is 13.2 Å². The number of ether oxygens (including phenoxy) is 2. The Kier molecular flexibility index (Phi) is 7.94. The zero-order chi connectivity index (χ0) is 24.8. The first kappa shape index (κ1) is 25.1. The highest BCUT2D eigenvalue weighted by Gasteiger charge is 2.31. The van der Waals surface area contributed by atoms with Crippen molar-refractivity contribution < 1.29 is 42.0 Å². The van der Waals surface area contributed by atoms with Crippen molar-refractivity contribution in [2.75, 3.05) is 5.32 Å². The Morgan fingerprint density at radius 3 is 2.27 bits per heavy atom. The maximum atomic E-state index is 12.2. The van der Waals surface area contributed by atoms with E-state index in [1.807, 2.05) is 0 Å². The summed E-state index contributed by atoms with van der Waals surface area (Å²) in [6, 6.07) is 7.98. The first-order valence-electron chi connectivity index (χ1n) is 9.28. The smallest absolute Gasteiger partial charge is 0.451 e. The van der Waals surface area contributed by atoms with Gasteiger partial charge in [-0.3, -0.25) is 19.7 Å². The molecule has 33 heavy (non-hydrogen) atoms. The van der Waals surface area contributed by atoms with Gasteiger partial charge in [0.25, 0.3) is 17.5 Å². The molecule has 0 spiro atoms. The molecule has 0 aliphatic rings. The standard InChI is InChI=1S/C20H18F3N3O7/c1-11(24-18(28)13-4-3-5-15(10-13)26(30)31)19(29)32-12(2)17(27)25-14-6-8-16(9-7-14)33-20(21,22)23/h3-12H,1-2H3,(H,24,28)(H,25,27). The van der Waals surface area contributed by atoms with Crippen LogP contribution in [0.2, 0.25) is 0 Å². The number of amides is 2. The van der Waals surface area contributed by atoms with Crippen LogP contribution in [0.25, 0.3) is 0 Å². The summed E-state index contributed by atoms with van der Waals surface area (Å²) in [4.78, 5) is 46.7. The average molecular weight is 469 g/mol. The largest absolute Gasteiger partial charge is 0.573 e. The first-order valence-corrected chi connectivity index (χ1v) is 9.28. The highest BCUT2D eigenvalue weighted by Crippen LogP contribution is 2.24. The molecule has 2 aromatic rings. The number of anilines is 1. The summed E-state index contributed by atoms with van der Waals surface area (Å²) >= 11 is 0. The Morgan fingerprint density at radius 2 is 1.70 bits per heavy atom. The van der Waals surface area contributed by atoms with E-state index >= 15 is 0 Å². The summed E-state index contributed by atoms with van der Waals surface area (Å²) < 4.78 is 45.2. The fraction of sp³-hybridized carbons (Fsp3) is 0.250. The Labute approximate surface area is 184 Å². The lowest BCUT2D eigenvalue weighted by atomic mass is 10.2. The van der Waals surface area contributed by atoms with Gasteiger partial charge in [0.2, 0.25) is 0 Å². The fourth-order valence-electron chi connectivity index (χ4n) is 2.41. The summed E-state index contributed by atoms with van der Waals surface area (Å²) in [7, 11) is 0. The quantitative estimate of drug-likeness (QED) is 0.344. The van der Waals surface area contributed by atoms with Gasteiger partial charge in [0.15, 0.2) is 6.10 Å². The molecule has 2 N–H and O–H groups in total. The number of benzene rings is 2. The van der Waals surface area contributed by atoms with Crippen LogP contribution in [-0.4, -0.2) is 41.2 Å². The molecule has 2 amide bonds. The van der Waals surface area contributed by atoms with Crippen LogP contribution in [-0.2, 0) is 14.3 Å². The second kappa shape index (κ2) is 10.4. The van der Waals surface area contributed by atoms with Crippen LogP contribution >= 0.6 is 0 Å².